The molecule has 1 atom stereocenters. The van der Waals surface area contributed by atoms with Gasteiger partial charge in [-0.1, -0.05) is 6.92 Å². The van der Waals surface area contributed by atoms with E-state index in [0.717, 1.165) is 12.2 Å². The normalized spacial score (nSPS) is 12.0. The van der Waals surface area contributed by atoms with Gasteiger partial charge in [-0.3, -0.25) is 4.79 Å². The van der Waals surface area contributed by atoms with Crippen molar-refractivity contribution in [1.29, 1.82) is 0 Å². The summed E-state index contributed by atoms with van der Waals surface area (Å²) in [5.74, 6) is 1.48. The third kappa shape index (κ3) is 4.60. The predicted octanol–water partition coefficient (Wildman–Crippen LogP) is 1.84. The van der Waals surface area contributed by atoms with E-state index in [1.165, 1.54) is 6.92 Å². The van der Waals surface area contributed by atoms with E-state index in [0.29, 0.717) is 18.0 Å². The number of aliphatic hydroxyl groups excluding tert-OH is 1. The first-order chi connectivity index (χ1) is 10.6. The highest BCUT2D eigenvalue weighted by molar-refractivity contribution is 5.88. The predicted molar refractivity (Wildman–Crippen MR) is 83.9 cm³/mol. The molecule has 118 valence electrons. The highest BCUT2D eigenvalue weighted by Crippen LogP contribution is 2.16. The molecule has 1 aromatic heterocycles. The lowest BCUT2D eigenvalue weighted by atomic mass is 10.3. The van der Waals surface area contributed by atoms with Gasteiger partial charge in [0.2, 0.25) is 5.91 Å². The van der Waals surface area contributed by atoms with Crippen molar-refractivity contribution in [3.05, 3.63) is 42.5 Å². The number of hydrogen-bond acceptors (Lipinski definition) is 4. The average molecular weight is 303 g/mol. The van der Waals surface area contributed by atoms with Crippen LogP contribution in [0.1, 0.15) is 19.7 Å². The summed E-state index contributed by atoms with van der Waals surface area (Å²) in [6.45, 7) is 4.13. The van der Waals surface area contributed by atoms with Crippen LogP contribution in [0.4, 0.5) is 5.69 Å². The van der Waals surface area contributed by atoms with Crippen LogP contribution in [0.2, 0.25) is 0 Å². The second-order valence-electron chi connectivity index (χ2n) is 5.02. The number of nitrogens with one attached hydrogen (secondary N) is 1. The van der Waals surface area contributed by atoms with Crippen LogP contribution in [0.3, 0.4) is 0 Å². The van der Waals surface area contributed by atoms with Crippen LogP contribution < -0.4 is 10.1 Å². The molecule has 0 saturated carbocycles. The molecule has 0 saturated heterocycles. The van der Waals surface area contributed by atoms with Gasteiger partial charge in [0, 0.05) is 31.4 Å². The summed E-state index contributed by atoms with van der Waals surface area (Å²) in [6.07, 6.45) is 3.79. The summed E-state index contributed by atoms with van der Waals surface area (Å²) in [7, 11) is 0. The van der Waals surface area contributed by atoms with Gasteiger partial charge >= 0.3 is 0 Å². The van der Waals surface area contributed by atoms with Crippen molar-refractivity contribution >= 4 is 11.6 Å². The SMILES string of the molecule is CCc1nccn1CC(O)COc1ccc(NC(C)=O)cc1. The molecule has 6 heteroatoms. The van der Waals surface area contributed by atoms with Crippen molar-refractivity contribution in [2.75, 3.05) is 11.9 Å². The summed E-state index contributed by atoms with van der Waals surface area (Å²) >= 11 is 0. The lowest BCUT2D eigenvalue weighted by Gasteiger charge is -2.14. The molecule has 0 bridgehead atoms. The number of ether oxygens (including phenoxy) is 1. The smallest absolute Gasteiger partial charge is 0.221 e. The van der Waals surface area contributed by atoms with Crippen LogP contribution in [0.5, 0.6) is 5.75 Å². The number of rotatable bonds is 7. The van der Waals surface area contributed by atoms with Crippen molar-refractivity contribution in [1.82, 2.24) is 9.55 Å². The molecule has 6 nitrogen and oxygen atoms in total. The number of hydrogen-bond donors (Lipinski definition) is 2. The Hall–Kier alpha value is -2.34. The van der Waals surface area contributed by atoms with Gasteiger partial charge in [0.05, 0.1) is 6.54 Å². The first-order valence-corrected chi connectivity index (χ1v) is 7.27. The topological polar surface area (TPSA) is 76.4 Å². The van der Waals surface area contributed by atoms with E-state index in [1.54, 1.807) is 30.5 Å². The molecule has 0 aliphatic rings. The molecule has 1 heterocycles. The Morgan fingerprint density at radius 2 is 2.14 bits per heavy atom. The van der Waals surface area contributed by atoms with Crippen molar-refractivity contribution in [3.63, 3.8) is 0 Å². The van der Waals surface area contributed by atoms with E-state index in [4.69, 9.17) is 4.74 Å². The van der Waals surface area contributed by atoms with Crippen LogP contribution in [0, 0.1) is 0 Å². The zero-order valence-electron chi connectivity index (χ0n) is 12.8. The molecule has 0 fully saturated rings. The lowest BCUT2D eigenvalue weighted by molar-refractivity contribution is -0.114. The van der Waals surface area contributed by atoms with Gasteiger partial charge in [-0.2, -0.15) is 0 Å². The summed E-state index contributed by atoms with van der Waals surface area (Å²) < 4.78 is 7.48. The number of nitrogens with zero attached hydrogens (tertiary/aromatic N) is 2. The molecule has 0 aliphatic heterocycles. The number of aliphatic hydroxyl groups is 1. The molecular weight excluding hydrogens is 282 g/mol. The largest absolute Gasteiger partial charge is 0.491 e. The summed E-state index contributed by atoms with van der Waals surface area (Å²) in [5.41, 5.74) is 0.714. The Balaban J connectivity index is 1.83. The minimum absolute atomic E-state index is 0.115. The van der Waals surface area contributed by atoms with Crippen molar-refractivity contribution < 1.29 is 14.6 Å². The monoisotopic (exact) mass is 303 g/mol. The van der Waals surface area contributed by atoms with E-state index in [-0.39, 0.29) is 12.5 Å². The molecule has 22 heavy (non-hydrogen) atoms. The van der Waals surface area contributed by atoms with Crippen molar-refractivity contribution in [2.45, 2.75) is 32.9 Å². The molecule has 1 aromatic carbocycles. The van der Waals surface area contributed by atoms with Gasteiger partial charge in [-0.15, -0.1) is 0 Å². The van der Waals surface area contributed by atoms with Gasteiger partial charge in [-0.25, -0.2) is 4.98 Å². The number of benzene rings is 1. The third-order valence-electron chi connectivity index (χ3n) is 3.14. The summed E-state index contributed by atoms with van der Waals surface area (Å²) in [5, 5.41) is 12.7. The van der Waals surface area contributed by atoms with E-state index in [2.05, 4.69) is 10.3 Å². The Morgan fingerprint density at radius 1 is 1.41 bits per heavy atom. The van der Waals surface area contributed by atoms with Crippen LogP contribution in [0.15, 0.2) is 36.7 Å². The summed E-state index contributed by atoms with van der Waals surface area (Å²) in [4.78, 5) is 15.1. The molecule has 2 aromatic rings. The van der Waals surface area contributed by atoms with Gasteiger partial charge in [0.1, 0.15) is 24.3 Å². The Bertz CT molecular complexity index is 607. The Morgan fingerprint density at radius 3 is 2.77 bits per heavy atom. The first-order valence-electron chi connectivity index (χ1n) is 7.27. The molecule has 0 radical (unpaired) electrons. The molecule has 2 rings (SSSR count). The highest BCUT2D eigenvalue weighted by Gasteiger charge is 2.09. The fourth-order valence-electron chi connectivity index (χ4n) is 2.13. The van der Waals surface area contributed by atoms with Gasteiger partial charge < -0.3 is 19.7 Å². The first kappa shape index (κ1) is 16.0. The summed E-state index contributed by atoms with van der Waals surface area (Å²) in [6, 6.07) is 7.03. The number of anilines is 1. The maximum Gasteiger partial charge on any atom is 0.221 e. The van der Waals surface area contributed by atoms with E-state index < -0.39 is 6.10 Å². The molecule has 0 spiro atoms. The number of aromatic nitrogens is 2. The van der Waals surface area contributed by atoms with Crippen LogP contribution >= 0.6 is 0 Å². The Kier molecular flexibility index (Phi) is 5.55. The molecule has 1 amide bonds. The maximum absolute atomic E-state index is 10.9. The quantitative estimate of drug-likeness (QED) is 0.818. The van der Waals surface area contributed by atoms with E-state index >= 15 is 0 Å². The second kappa shape index (κ2) is 7.61. The standard InChI is InChI=1S/C16H21N3O3/c1-3-16-17-8-9-19(16)10-14(21)11-22-15-6-4-13(5-7-15)18-12(2)20/h4-9,14,21H,3,10-11H2,1-2H3,(H,18,20). The molecule has 2 N–H and O–H groups in total. The molecular formula is C16H21N3O3. The number of carbonyl (C=O) groups excluding carboxylic acids is 1. The number of amides is 1. The number of imidazole rings is 1. The minimum Gasteiger partial charge on any atom is -0.491 e. The molecule has 0 aliphatic carbocycles. The zero-order valence-corrected chi connectivity index (χ0v) is 12.8. The minimum atomic E-state index is -0.616. The van der Waals surface area contributed by atoms with Crippen LogP contribution in [0.25, 0.3) is 0 Å². The van der Waals surface area contributed by atoms with Crippen molar-refractivity contribution in [2.24, 2.45) is 0 Å². The van der Waals surface area contributed by atoms with Gasteiger partial charge in [0.25, 0.3) is 0 Å². The van der Waals surface area contributed by atoms with E-state index in [1.807, 2.05) is 17.7 Å². The fraction of sp³-hybridized carbons (Fsp3) is 0.375. The fourth-order valence-corrected chi connectivity index (χ4v) is 2.13. The third-order valence-corrected chi connectivity index (χ3v) is 3.14. The highest BCUT2D eigenvalue weighted by atomic mass is 16.5. The van der Waals surface area contributed by atoms with Crippen LogP contribution in [-0.2, 0) is 17.8 Å². The van der Waals surface area contributed by atoms with Gasteiger partial charge in [-0.05, 0) is 24.3 Å². The van der Waals surface area contributed by atoms with Crippen molar-refractivity contribution in [3.8, 4) is 5.75 Å². The van der Waals surface area contributed by atoms with Gasteiger partial charge in [0.15, 0.2) is 0 Å². The maximum atomic E-state index is 10.9. The van der Waals surface area contributed by atoms with E-state index in [9.17, 15) is 9.90 Å². The lowest BCUT2D eigenvalue weighted by Crippen LogP contribution is -2.24. The zero-order chi connectivity index (χ0) is 15.9. The molecule has 1 unspecified atom stereocenters. The number of carbonyl (C=O) groups is 1. The Labute approximate surface area is 129 Å². The van der Waals surface area contributed by atoms with Crippen LogP contribution in [-0.4, -0.2) is 33.3 Å². The number of aryl methyl sites for hydroxylation is 1. The second-order valence-corrected chi connectivity index (χ2v) is 5.02. The average Bonchev–Trinajstić information content (AvgIpc) is 2.93.